The van der Waals surface area contributed by atoms with E-state index in [-0.39, 0.29) is 11.6 Å². The second-order valence-electron chi connectivity index (χ2n) is 4.94. The third-order valence-electron chi connectivity index (χ3n) is 3.80. The lowest BCUT2D eigenvalue weighted by molar-refractivity contribution is -0.0706. The lowest BCUT2D eigenvalue weighted by Crippen LogP contribution is -2.48. The highest BCUT2D eigenvalue weighted by Crippen LogP contribution is 2.34. The average molecular weight is 235 g/mol. The fourth-order valence-electron chi connectivity index (χ4n) is 2.28. The van der Waals surface area contributed by atoms with E-state index in [2.05, 4.69) is 12.2 Å². The number of hydrogen-bond donors (Lipinski definition) is 2. The third-order valence-corrected chi connectivity index (χ3v) is 3.80. The minimum absolute atomic E-state index is 0.0467. The van der Waals surface area contributed by atoms with Gasteiger partial charge in [-0.15, -0.1) is 0 Å². The van der Waals surface area contributed by atoms with Crippen molar-refractivity contribution in [3.05, 3.63) is 29.8 Å². The highest BCUT2D eigenvalue weighted by molar-refractivity contribution is 5.29. The van der Waals surface area contributed by atoms with Crippen molar-refractivity contribution in [3.8, 4) is 5.75 Å². The summed E-state index contributed by atoms with van der Waals surface area (Å²) in [6.45, 7) is 2.98. The van der Waals surface area contributed by atoms with E-state index >= 15 is 0 Å². The topological polar surface area (TPSA) is 41.5 Å². The lowest BCUT2D eigenvalue weighted by atomic mass is 9.80. The van der Waals surface area contributed by atoms with E-state index in [1.54, 1.807) is 19.2 Å². The number of benzene rings is 1. The minimum atomic E-state index is 0.0467. The molecule has 2 rings (SSSR count). The van der Waals surface area contributed by atoms with Crippen molar-refractivity contribution in [1.29, 1.82) is 0 Å². The van der Waals surface area contributed by atoms with E-state index in [1.165, 1.54) is 6.42 Å². The van der Waals surface area contributed by atoms with Gasteiger partial charge in [-0.3, -0.25) is 0 Å². The molecule has 1 saturated carbocycles. The summed E-state index contributed by atoms with van der Waals surface area (Å²) in [5.41, 5.74) is 1.15. The maximum absolute atomic E-state index is 9.44. The number of phenolic OH excluding ortho intramolecular Hbond substituents is 1. The van der Waals surface area contributed by atoms with Crippen LogP contribution in [0.15, 0.2) is 24.3 Å². The first kappa shape index (κ1) is 12.4. The molecule has 0 aromatic heterocycles. The van der Waals surface area contributed by atoms with Gasteiger partial charge in [-0.25, -0.2) is 0 Å². The van der Waals surface area contributed by atoms with Crippen molar-refractivity contribution in [2.24, 2.45) is 0 Å². The summed E-state index contributed by atoms with van der Waals surface area (Å²) >= 11 is 0. The van der Waals surface area contributed by atoms with Gasteiger partial charge in [-0.2, -0.15) is 0 Å². The zero-order chi connectivity index (χ0) is 12.3. The predicted molar refractivity (Wildman–Crippen MR) is 68.1 cm³/mol. The molecule has 0 saturated heterocycles. The van der Waals surface area contributed by atoms with E-state index in [9.17, 15) is 5.11 Å². The molecule has 1 atom stereocenters. The number of nitrogens with one attached hydrogen (secondary N) is 1. The molecule has 1 fully saturated rings. The molecule has 3 nitrogen and oxygen atoms in total. The van der Waals surface area contributed by atoms with Crippen molar-refractivity contribution in [1.82, 2.24) is 5.32 Å². The molecule has 3 heteroatoms. The molecule has 1 aliphatic carbocycles. The van der Waals surface area contributed by atoms with Gasteiger partial charge >= 0.3 is 0 Å². The molecule has 0 bridgehead atoms. The van der Waals surface area contributed by atoms with Crippen LogP contribution in [-0.4, -0.2) is 24.4 Å². The Morgan fingerprint density at radius 1 is 1.47 bits per heavy atom. The SMILES string of the molecule is COC1(CNC(C)c2cccc(O)c2)CCC1. The van der Waals surface area contributed by atoms with E-state index in [1.807, 2.05) is 12.1 Å². The van der Waals surface area contributed by atoms with Crippen molar-refractivity contribution >= 4 is 0 Å². The first-order chi connectivity index (χ1) is 8.15. The van der Waals surface area contributed by atoms with Crippen LogP contribution in [-0.2, 0) is 4.74 Å². The van der Waals surface area contributed by atoms with Gasteiger partial charge in [0, 0.05) is 19.7 Å². The Morgan fingerprint density at radius 3 is 2.76 bits per heavy atom. The molecule has 1 aromatic rings. The van der Waals surface area contributed by atoms with E-state index in [0.717, 1.165) is 24.9 Å². The molecular weight excluding hydrogens is 214 g/mol. The van der Waals surface area contributed by atoms with Gasteiger partial charge in [0.05, 0.1) is 5.60 Å². The fraction of sp³-hybridized carbons (Fsp3) is 0.571. The molecule has 2 N–H and O–H groups in total. The Bertz CT molecular complexity index is 369. The number of ether oxygens (including phenoxy) is 1. The van der Waals surface area contributed by atoms with Gasteiger partial charge in [0.1, 0.15) is 5.75 Å². The van der Waals surface area contributed by atoms with Gasteiger partial charge in [0.2, 0.25) is 0 Å². The van der Waals surface area contributed by atoms with E-state index in [0.29, 0.717) is 5.75 Å². The summed E-state index contributed by atoms with van der Waals surface area (Å²) < 4.78 is 5.57. The van der Waals surface area contributed by atoms with Gasteiger partial charge in [-0.05, 0) is 43.9 Å². The smallest absolute Gasteiger partial charge is 0.115 e. The first-order valence-electron chi connectivity index (χ1n) is 6.23. The Kier molecular flexibility index (Phi) is 3.69. The highest BCUT2D eigenvalue weighted by atomic mass is 16.5. The van der Waals surface area contributed by atoms with Crippen LogP contribution >= 0.6 is 0 Å². The lowest BCUT2D eigenvalue weighted by Gasteiger charge is -2.41. The molecular formula is C14H21NO2. The van der Waals surface area contributed by atoms with Crippen LogP contribution in [0.25, 0.3) is 0 Å². The summed E-state index contributed by atoms with van der Waals surface area (Å²) in [6.07, 6.45) is 3.54. The van der Waals surface area contributed by atoms with E-state index < -0.39 is 0 Å². The monoisotopic (exact) mass is 235 g/mol. The van der Waals surface area contributed by atoms with Crippen molar-refractivity contribution in [3.63, 3.8) is 0 Å². The number of aromatic hydroxyl groups is 1. The normalized spacial score (nSPS) is 19.6. The Hall–Kier alpha value is -1.06. The Balaban J connectivity index is 1.91. The molecule has 17 heavy (non-hydrogen) atoms. The Labute approximate surface area is 103 Å². The van der Waals surface area contributed by atoms with Crippen LogP contribution in [0.4, 0.5) is 0 Å². The number of methoxy groups -OCH3 is 1. The largest absolute Gasteiger partial charge is 0.508 e. The summed E-state index contributed by atoms with van der Waals surface area (Å²) in [5, 5.41) is 12.9. The molecule has 94 valence electrons. The third kappa shape index (κ3) is 2.79. The number of rotatable bonds is 5. The summed E-state index contributed by atoms with van der Waals surface area (Å²) in [4.78, 5) is 0. The second-order valence-corrected chi connectivity index (χ2v) is 4.94. The van der Waals surface area contributed by atoms with Gasteiger partial charge < -0.3 is 15.2 Å². The zero-order valence-electron chi connectivity index (χ0n) is 10.6. The number of hydrogen-bond acceptors (Lipinski definition) is 3. The summed E-state index contributed by atoms with van der Waals surface area (Å²) in [5.74, 6) is 0.321. The first-order valence-corrected chi connectivity index (χ1v) is 6.23. The summed E-state index contributed by atoms with van der Waals surface area (Å²) in [7, 11) is 1.79. The van der Waals surface area contributed by atoms with Crippen LogP contribution in [0, 0.1) is 0 Å². The second kappa shape index (κ2) is 5.07. The standard InChI is InChI=1S/C14H21NO2/c1-11(12-5-3-6-13(16)9-12)15-10-14(17-2)7-4-8-14/h3,5-6,9,11,15-16H,4,7-8,10H2,1-2H3. The number of phenols is 1. The van der Waals surface area contributed by atoms with Crippen LogP contribution in [0.3, 0.4) is 0 Å². The quantitative estimate of drug-likeness (QED) is 0.824. The minimum Gasteiger partial charge on any atom is -0.508 e. The molecule has 0 spiro atoms. The van der Waals surface area contributed by atoms with Gasteiger partial charge in [-0.1, -0.05) is 12.1 Å². The zero-order valence-corrected chi connectivity index (χ0v) is 10.6. The molecule has 1 aliphatic rings. The van der Waals surface area contributed by atoms with Crippen molar-refractivity contribution in [2.75, 3.05) is 13.7 Å². The van der Waals surface area contributed by atoms with Gasteiger partial charge in [0.25, 0.3) is 0 Å². The van der Waals surface area contributed by atoms with Crippen LogP contribution in [0.5, 0.6) is 5.75 Å². The fourth-order valence-corrected chi connectivity index (χ4v) is 2.28. The molecule has 0 radical (unpaired) electrons. The average Bonchev–Trinajstić information content (AvgIpc) is 2.28. The van der Waals surface area contributed by atoms with Crippen molar-refractivity contribution < 1.29 is 9.84 Å². The highest BCUT2D eigenvalue weighted by Gasteiger charge is 2.36. The maximum Gasteiger partial charge on any atom is 0.115 e. The molecule has 1 unspecified atom stereocenters. The van der Waals surface area contributed by atoms with Crippen LogP contribution < -0.4 is 5.32 Å². The molecule has 0 amide bonds. The maximum atomic E-state index is 9.44. The molecule has 0 heterocycles. The van der Waals surface area contributed by atoms with E-state index in [4.69, 9.17) is 4.74 Å². The predicted octanol–water partition coefficient (Wildman–Crippen LogP) is 2.61. The summed E-state index contributed by atoms with van der Waals surface area (Å²) in [6, 6.07) is 7.63. The van der Waals surface area contributed by atoms with Crippen LogP contribution in [0.2, 0.25) is 0 Å². The Morgan fingerprint density at radius 2 is 2.24 bits per heavy atom. The van der Waals surface area contributed by atoms with Crippen molar-refractivity contribution in [2.45, 2.75) is 37.8 Å². The molecule has 0 aliphatic heterocycles. The van der Waals surface area contributed by atoms with Gasteiger partial charge in [0.15, 0.2) is 0 Å². The molecule has 1 aromatic carbocycles. The van der Waals surface area contributed by atoms with Crippen LogP contribution in [0.1, 0.15) is 37.8 Å².